The standard InChI is InChI=1S/C24H27ClF3N3O2/c1-16-2-5-19(6-4-18(25)14-16)29-23(32)31-11-9-30(10-12-31)21-8-13-33-22-15-17(24(26,27)28)3-7-20(21)22/h3-7,14-16,21H,2,8-13H2,1H3,(H,29,32)/b6-4-,18-14+,19-5-. The lowest BCUT2D eigenvalue weighted by atomic mass is 9.96. The van der Waals surface area contributed by atoms with Gasteiger partial charge in [-0.25, -0.2) is 4.79 Å². The summed E-state index contributed by atoms with van der Waals surface area (Å²) in [5, 5.41) is 3.61. The molecule has 2 atom stereocenters. The first-order valence-electron chi connectivity index (χ1n) is 11.1. The minimum Gasteiger partial charge on any atom is -0.493 e. The molecule has 0 spiro atoms. The van der Waals surface area contributed by atoms with E-state index >= 15 is 0 Å². The van der Waals surface area contributed by atoms with Gasteiger partial charge in [0, 0.05) is 54.9 Å². The molecule has 2 amide bonds. The Labute approximate surface area is 196 Å². The van der Waals surface area contributed by atoms with Gasteiger partial charge in [-0.1, -0.05) is 36.7 Å². The van der Waals surface area contributed by atoms with Crippen LogP contribution in [0, 0.1) is 5.92 Å². The number of nitrogens with one attached hydrogen (secondary N) is 1. The smallest absolute Gasteiger partial charge is 0.416 e. The second-order valence-corrected chi connectivity index (χ2v) is 9.05. The lowest BCUT2D eigenvalue weighted by Crippen LogP contribution is -2.52. The van der Waals surface area contributed by atoms with Gasteiger partial charge in [0.25, 0.3) is 0 Å². The first kappa shape index (κ1) is 23.7. The molecule has 2 heterocycles. The van der Waals surface area contributed by atoms with E-state index in [2.05, 4.69) is 17.1 Å². The summed E-state index contributed by atoms with van der Waals surface area (Å²) >= 11 is 6.15. The van der Waals surface area contributed by atoms with Crippen LogP contribution >= 0.6 is 11.6 Å². The monoisotopic (exact) mass is 481 g/mol. The van der Waals surface area contributed by atoms with Crippen LogP contribution in [0.25, 0.3) is 0 Å². The van der Waals surface area contributed by atoms with Gasteiger partial charge in [-0.05, 0) is 36.6 Å². The molecule has 3 aliphatic rings. The van der Waals surface area contributed by atoms with Crippen LogP contribution in [0.5, 0.6) is 5.75 Å². The number of nitrogens with zero attached hydrogens (tertiary/aromatic N) is 2. The highest BCUT2D eigenvalue weighted by molar-refractivity contribution is 6.31. The average Bonchev–Trinajstić information content (AvgIpc) is 2.78. The van der Waals surface area contributed by atoms with Crippen LogP contribution in [0.3, 0.4) is 0 Å². The third-order valence-corrected chi connectivity index (χ3v) is 6.47. The van der Waals surface area contributed by atoms with Crippen LogP contribution in [0.15, 0.2) is 53.2 Å². The molecule has 1 N–H and O–H groups in total. The summed E-state index contributed by atoms with van der Waals surface area (Å²) in [5.74, 6) is 0.582. The first-order valence-corrected chi connectivity index (χ1v) is 11.5. The minimum atomic E-state index is -4.40. The Morgan fingerprint density at radius 2 is 1.94 bits per heavy atom. The van der Waals surface area contributed by atoms with Gasteiger partial charge in [-0.15, -0.1) is 0 Å². The molecule has 1 aromatic rings. The van der Waals surface area contributed by atoms with Gasteiger partial charge in [-0.2, -0.15) is 13.2 Å². The number of ether oxygens (including phenoxy) is 1. The highest BCUT2D eigenvalue weighted by atomic mass is 35.5. The summed E-state index contributed by atoms with van der Waals surface area (Å²) in [6.07, 6.45) is 4.62. The molecule has 178 valence electrons. The maximum Gasteiger partial charge on any atom is 0.416 e. The maximum atomic E-state index is 13.1. The van der Waals surface area contributed by atoms with Crippen molar-refractivity contribution in [1.29, 1.82) is 0 Å². The van der Waals surface area contributed by atoms with Crippen molar-refractivity contribution >= 4 is 17.6 Å². The van der Waals surface area contributed by atoms with Gasteiger partial charge in [0.1, 0.15) is 5.75 Å². The van der Waals surface area contributed by atoms with Crippen molar-refractivity contribution in [3.63, 3.8) is 0 Å². The Balaban J connectivity index is 1.37. The third-order valence-electron chi connectivity index (χ3n) is 6.22. The normalized spacial score (nSPS) is 28.2. The summed E-state index contributed by atoms with van der Waals surface area (Å²) < 4.78 is 44.7. The van der Waals surface area contributed by atoms with E-state index in [-0.39, 0.29) is 18.0 Å². The molecular weight excluding hydrogens is 455 g/mol. The Morgan fingerprint density at radius 1 is 1.18 bits per heavy atom. The van der Waals surface area contributed by atoms with Crippen molar-refractivity contribution in [1.82, 2.24) is 15.1 Å². The largest absolute Gasteiger partial charge is 0.493 e. The lowest BCUT2D eigenvalue weighted by molar-refractivity contribution is -0.137. The predicted molar refractivity (Wildman–Crippen MR) is 121 cm³/mol. The molecular formula is C24H27ClF3N3O2. The fourth-order valence-corrected chi connectivity index (χ4v) is 4.68. The number of halogens is 4. The highest BCUT2D eigenvalue weighted by Crippen LogP contribution is 2.40. The topological polar surface area (TPSA) is 44.8 Å². The van der Waals surface area contributed by atoms with E-state index in [0.29, 0.717) is 50.0 Å². The molecule has 5 nitrogen and oxygen atoms in total. The van der Waals surface area contributed by atoms with Crippen LogP contribution in [0.1, 0.15) is 36.9 Å². The number of piperazine rings is 1. The summed E-state index contributed by atoms with van der Waals surface area (Å²) in [5.41, 5.74) is 0.794. The van der Waals surface area contributed by atoms with E-state index in [9.17, 15) is 18.0 Å². The van der Waals surface area contributed by atoms with Gasteiger partial charge < -0.3 is 15.0 Å². The zero-order valence-corrected chi connectivity index (χ0v) is 19.1. The number of carbonyl (C=O) groups is 1. The Morgan fingerprint density at radius 3 is 2.67 bits per heavy atom. The second kappa shape index (κ2) is 9.81. The number of benzene rings is 1. The quantitative estimate of drug-likeness (QED) is 0.610. The molecule has 2 aliphatic heterocycles. The number of rotatable bonds is 2. The number of amides is 2. The Bertz CT molecular complexity index is 982. The van der Waals surface area contributed by atoms with Gasteiger partial charge >= 0.3 is 12.2 Å². The van der Waals surface area contributed by atoms with Crippen LogP contribution in [-0.4, -0.2) is 48.6 Å². The van der Waals surface area contributed by atoms with E-state index < -0.39 is 11.7 Å². The molecule has 0 radical (unpaired) electrons. The molecule has 1 aromatic carbocycles. The molecule has 0 bridgehead atoms. The Kier molecular flexibility index (Phi) is 7.05. The van der Waals surface area contributed by atoms with E-state index in [0.717, 1.165) is 29.8 Å². The minimum absolute atomic E-state index is 0.0205. The van der Waals surface area contributed by atoms with E-state index in [1.807, 2.05) is 12.2 Å². The molecule has 1 fully saturated rings. The SMILES string of the molecule is CC1\C=C(Cl)/C=C\C(NC(=O)N2CCN(C3CCOc4cc(C(F)(F)F)ccc43)CC2)=C\C1. The third kappa shape index (κ3) is 5.73. The molecule has 4 rings (SSSR count). The molecule has 0 saturated carbocycles. The number of alkyl halides is 3. The number of carbonyl (C=O) groups excluding carboxylic acids is 1. The Hall–Kier alpha value is -2.45. The molecule has 2 unspecified atom stereocenters. The van der Waals surface area contributed by atoms with Crippen LogP contribution < -0.4 is 10.1 Å². The van der Waals surface area contributed by atoms with Crippen molar-refractivity contribution in [3.8, 4) is 5.75 Å². The predicted octanol–water partition coefficient (Wildman–Crippen LogP) is 5.46. The molecule has 0 aromatic heterocycles. The number of fused-ring (bicyclic) bond motifs is 1. The van der Waals surface area contributed by atoms with Gasteiger partial charge in [0.15, 0.2) is 0 Å². The number of allylic oxidation sites excluding steroid dienone is 5. The zero-order valence-electron chi connectivity index (χ0n) is 18.4. The number of hydrogen-bond acceptors (Lipinski definition) is 3. The first-order chi connectivity index (χ1) is 15.7. The summed E-state index contributed by atoms with van der Waals surface area (Å²) in [7, 11) is 0. The van der Waals surface area contributed by atoms with E-state index in [1.165, 1.54) is 6.07 Å². The fraction of sp³-hybridized carbons (Fsp3) is 0.458. The number of hydrogen-bond donors (Lipinski definition) is 1. The maximum absolute atomic E-state index is 13.1. The van der Waals surface area contributed by atoms with Crippen molar-refractivity contribution in [2.24, 2.45) is 5.92 Å². The molecule has 1 aliphatic carbocycles. The van der Waals surface area contributed by atoms with Crippen molar-refractivity contribution in [2.45, 2.75) is 32.0 Å². The summed E-state index contributed by atoms with van der Waals surface area (Å²) in [6.45, 7) is 4.78. The highest BCUT2D eigenvalue weighted by Gasteiger charge is 2.35. The van der Waals surface area contributed by atoms with Gasteiger partial charge in [-0.3, -0.25) is 4.90 Å². The van der Waals surface area contributed by atoms with Crippen LogP contribution in [-0.2, 0) is 6.18 Å². The molecule has 33 heavy (non-hydrogen) atoms. The van der Waals surface area contributed by atoms with Crippen molar-refractivity contribution < 1.29 is 22.7 Å². The summed E-state index contributed by atoms with van der Waals surface area (Å²) in [6, 6.07) is 3.54. The average molecular weight is 482 g/mol. The van der Waals surface area contributed by atoms with Crippen molar-refractivity contribution in [2.75, 3.05) is 32.8 Å². The van der Waals surface area contributed by atoms with Crippen LogP contribution in [0.2, 0.25) is 0 Å². The second-order valence-electron chi connectivity index (χ2n) is 8.61. The van der Waals surface area contributed by atoms with Crippen LogP contribution in [0.4, 0.5) is 18.0 Å². The van der Waals surface area contributed by atoms with Gasteiger partial charge in [0.2, 0.25) is 0 Å². The molecule has 9 heteroatoms. The van der Waals surface area contributed by atoms with E-state index in [4.69, 9.17) is 16.3 Å². The van der Waals surface area contributed by atoms with E-state index in [1.54, 1.807) is 17.1 Å². The van der Waals surface area contributed by atoms with Gasteiger partial charge in [0.05, 0.1) is 12.2 Å². The lowest BCUT2D eigenvalue weighted by Gasteiger charge is -2.41. The number of urea groups is 1. The zero-order chi connectivity index (χ0) is 23.6. The summed E-state index contributed by atoms with van der Waals surface area (Å²) in [4.78, 5) is 16.8. The molecule has 1 saturated heterocycles. The fourth-order valence-electron chi connectivity index (χ4n) is 4.40. The van der Waals surface area contributed by atoms with Crippen molar-refractivity contribution in [3.05, 3.63) is 64.4 Å².